The Balaban J connectivity index is 1.53. The van der Waals surface area contributed by atoms with Crippen molar-refractivity contribution in [1.82, 2.24) is 15.5 Å². The fourth-order valence-corrected chi connectivity index (χ4v) is 2.51. The second-order valence-electron chi connectivity index (χ2n) is 6.50. The number of esters is 1. The molecule has 2 aromatic rings. The Hall–Kier alpha value is -3.10. The summed E-state index contributed by atoms with van der Waals surface area (Å²) in [4.78, 5) is 28.0. The van der Waals surface area contributed by atoms with Crippen molar-refractivity contribution >= 4 is 11.9 Å². The van der Waals surface area contributed by atoms with Crippen molar-refractivity contribution in [3.8, 4) is 22.9 Å². The summed E-state index contributed by atoms with van der Waals surface area (Å²) in [6.45, 7) is 1.55. The third-order valence-electron chi connectivity index (χ3n) is 4.25. The number of hydrogen-bond donors (Lipinski definition) is 1. The van der Waals surface area contributed by atoms with E-state index in [4.69, 9.17) is 18.7 Å². The summed E-state index contributed by atoms with van der Waals surface area (Å²) in [6.07, 6.45) is 1.39. The molecule has 1 heterocycles. The lowest BCUT2D eigenvalue weighted by molar-refractivity contribution is -0.154. The van der Waals surface area contributed by atoms with Gasteiger partial charge in [-0.25, -0.2) is 0 Å². The smallest absolute Gasteiger partial charge is 0.307 e. The summed E-state index contributed by atoms with van der Waals surface area (Å²) in [6, 6.07) is 5.49. The molecule has 1 aromatic heterocycles. The molecule has 1 aliphatic rings. The van der Waals surface area contributed by atoms with Gasteiger partial charge in [-0.15, -0.1) is 0 Å². The SMILES string of the molecule is COc1ccc(-c2noc(CCC(=O)O[C@H](C)C(=O)NC3CC3)n2)cc1OC. The predicted octanol–water partition coefficient (Wildman–Crippen LogP) is 1.90. The Morgan fingerprint density at radius 1 is 1.25 bits per heavy atom. The van der Waals surface area contributed by atoms with E-state index in [-0.39, 0.29) is 24.8 Å². The van der Waals surface area contributed by atoms with E-state index in [2.05, 4.69) is 15.5 Å². The number of aryl methyl sites for hydroxylation is 1. The number of rotatable bonds is 9. The Kier molecular flexibility index (Phi) is 6.13. The zero-order chi connectivity index (χ0) is 20.1. The van der Waals surface area contributed by atoms with Gasteiger partial charge in [-0.05, 0) is 38.0 Å². The highest BCUT2D eigenvalue weighted by Crippen LogP contribution is 2.31. The van der Waals surface area contributed by atoms with Crippen LogP contribution in [0, 0.1) is 0 Å². The van der Waals surface area contributed by atoms with Gasteiger partial charge in [-0.3, -0.25) is 9.59 Å². The van der Waals surface area contributed by atoms with E-state index in [0.29, 0.717) is 28.8 Å². The lowest BCUT2D eigenvalue weighted by atomic mass is 10.2. The molecule has 1 fully saturated rings. The molecule has 28 heavy (non-hydrogen) atoms. The number of aromatic nitrogens is 2. The molecule has 1 atom stereocenters. The highest BCUT2D eigenvalue weighted by atomic mass is 16.5. The standard InChI is InChI=1S/C19H23N3O6/c1-11(19(24)20-13-5-6-13)27-17(23)9-8-16-21-18(22-28-16)12-4-7-14(25-2)15(10-12)26-3/h4,7,10-11,13H,5-6,8-9H2,1-3H3,(H,20,24)/t11-/m1/s1. The molecule has 0 saturated heterocycles. The molecule has 9 heteroatoms. The maximum atomic E-state index is 11.9. The number of nitrogens with zero attached hydrogens (tertiary/aromatic N) is 2. The Morgan fingerprint density at radius 3 is 2.68 bits per heavy atom. The number of nitrogens with one attached hydrogen (secondary N) is 1. The van der Waals surface area contributed by atoms with Crippen LogP contribution in [0.25, 0.3) is 11.4 Å². The fraction of sp³-hybridized carbons (Fsp3) is 0.474. The number of carbonyl (C=O) groups excluding carboxylic acids is 2. The van der Waals surface area contributed by atoms with Crippen molar-refractivity contribution in [2.75, 3.05) is 14.2 Å². The van der Waals surface area contributed by atoms with Crippen LogP contribution in [-0.2, 0) is 20.7 Å². The van der Waals surface area contributed by atoms with Gasteiger partial charge in [-0.1, -0.05) is 5.16 Å². The van der Waals surface area contributed by atoms with E-state index in [1.165, 1.54) is 0 Å². The molecule has 150 valence electrons. The monoisotopic (exact) mass is 389 g/mol. The van der Waals surface area contributed by atoms with Crippen LogP contribution in [0.4, 0.5) is 0 Å². The summed E-state index contributed by atoms with van der Waals surface area (Å²) < 4.78 is 20.8. The van der Waals surface area contributed by atoms with Gasteiger partial charge in [0.25, 0.3) is 5.91 Å². The van der Waals surface area contributed by atoms with Crippen LogP contribution in [0.2, 0.25) is 0 Å². The first-order chi connectivity index (χ1) is 13.5. The second-order valence-corrected chi connectivity index (χ2v) is 6.50. The number of ether oxygens (including phenoxy) is 3. The lowest BCUT2D eigenvalue weighted by Gasteiger charge is -2.12. The van der Waals surface area contributed by atoms with Crippen LogP contribution in [0.5, 0.6) is 11.5 Å². The average molecular weight is 389 g/mol. The molecule has 0 aliphatic heterocycles. The van der Waals surface area contributed by atoms with Crippen molar-refractivity contribution in [2.24, 2.45) is 0 Å². The number of benzene rings is 1. The van der Waals surface area contributed by atoms with E-state index in [0.717, 1.165) is 12.8 Å². The largest absolute Gasteiger partial charge is 0.493 e. The van der Waals surface area contributed by atoms with E-state index >= 15 is 0 Å². The maximum absolute atomic E-state index is 11.9. The molecule has 1 aromatic carbocycles. The van der Waals surface area contributed by atoms with Gasteiger partial charge in [0.05, 0.1) is 20.6 Å². The highest BCUT2D eigenvalue weighted by molar-refractivity contribution is 5.83. The molecular weight excluding hydrogens is 366 g/mol. The molecule has 1 amide bonds. The van der Waals surface area contributed by atoms with E-state index < -0.39 is 12.1 Å². The third-order valence-corrected chi connectivity index (χ3v) is 4.25. The molecule has 0 spiro atoms. The fourth-order valence-electron chi connectivity index (χ4n) is 2.51. The highest BCUT2D eigenvalue weighted by Gasteiger charge is 2.27. The molecule has 1 aliphatic carbocycles. The summed E-state index contributed by atoms with van der Waals surface area (Å²) >= 11 is 0. The van der Waals surface area contributed by atoms with Crippen LogP contribution in [0.15, 0.2) is 22.7 Å². The van der Waals surface area contributed by atoms with Gasteiger partial charge < -0.3 is 24.1 Å². The molecule has 0 unspecified atom stereocenters. The van der Waals surface area contributed by atoms with E-state index in [1.54, 1.807) is 39.3 Å². The Morgan fingerprint density at radius 2 is 2.00 bits per heavy atom. The molecule has 0 bridgehead atoms. The van der Waals surface area contributed by atoms with Crippen molar-refractivity contribution in [3.63, 3.8) is 0 Å². The topological polar surface area (TPSA) is 113 Å². The van der Waals surface area contributed by atoms with Crippen LogP contribution < -0.4 is 14.8 Å². The lowest BCUT2D eigenvalue weighted by Crippen LogP contribution is -2.37. The first-order valence-corrected chi connectivity index (χ1v) is 9.05. The van der Waals surface area contributed by atoms with E-state index in [1.807, 2.05) is 0 Å². The molecule has 0 radical (unpaired) electrons. The van der Waals surface area contributed by atoms with Gasteiger partial charge >= 0.3 is 5.97 Å². The molecule has 3 rings (SSSR count). The van der Waals surface area contributed by atoms with Gasteiger partial charge in [0, 0.05) is 18.0 Å². The number of amides is 1. The quantitative estimate of drug-likeness (QED) is 0.647. The van der Waals surface area contributed by atoms with Crippen LogP contribution in [-0.4, -0.2) is 48.4 Å². The summed E-state index contributed by atoms with van der Waals surface area (Å²) in [5, 5.41) is 6.72. The number of hydrogen-bond acceptors (Lipinski definition) is 8. The van der Waals surface area contributed by atoms with Gasteiger partial charge in [0.15, 0.2) is 17.6 Å². The van der Waals surface area contributed by atoms with Gasteiger partial charge in [-0.2, -0.15) is 4.98 Å². The molecule has 1 N–H and O–H groups in total. The summed E-state index contributed by atoms with van der Waals surface area (Å²) in [7, 11) is 3.10. The molecule has 9 nitrogen and oxygen atoms in total. The third kappa shape index (κ3) is 4.99. The minimum atomic E-state index is -0.821. The predicted molar refractivity (Wildman–Crippen MR) is 97.9 cm³/mol. The molecule has 1 saturated carbocycles. The van der Waals surface area contributed by atoms with Crippen molar-refractivity contribution < 1.29 is 28.3 Å². The van der Waals surface area contributed by atoms with Crippen molar-refractivity contribution in [2.45, 2.75) is 44.8 Å². The van der Waals surface area contributed by atoms with Crippen molar-refractivity contribution in [1.29, 1.82) is 0 Å². The van der Waals surface area contributed by atoms with E-state index in [9.17, 15) is 9.59 Å². The van der Waals surface area contributed by atoms with Crippen LogP contribution >= 0.6 is 0 Å². The number of carbonyl (C=O) groups is 2. The number of methoxy groups -OCH3 is 2. The summed E-state index contributed by atoms with van der Waals surface area (Å²) in [5.41, 5.74) is 0.695. The van der Waals surface area contributed by atoms with Gasteiger partial charge in [0.2, 0.25) is 11.7 Å². The minimum absolute atomic E-state index is 0.0363. The Bertz CT molecular complexity index is 846. The second kappa shape index (κ2) is 8.73. The van der Waals surface area contributed by atoms with Gasteiger partial charge in [0.1, 0.15) is 0 Å². The van der Waals surface area contributed by atoms with Crippen molar-refractivity contribution in [3.05, 3.63) is 24.1 Å². The summed E-state index contributed by atoms with van der Waals surface area (Å²) in [5.74, 6) is 1.05. The normalized spacial score (nSPS) is 14.2. The van der Waals surface area contributed by atoms with Crippen LogP contribution in [0.3, 0.4) is 0 Å². The molecular formula is C19H23N3O6. The Labute approximate surface area is 162 Å². The van der Waals surface area contributed by atoms with Crippen LogP contribution in [0.1, 0.15) is 32.1 Å². The zero-order valence-corrected chi connectivity index (χ0v) is 16.1. The zero-order valence-electron chi connectivity index (χ0n) is 16.1. The minimum Gasteiger partial charge on any atom is -0.493 e. The maximum Gasteiger partial charge on any atom is 0.307 e. The first-order valence-electron chi connectivity index (χ1n) is 9.05. The average Bonchev–Trinajstić information content (AvgIpc) is 3.39. The first kappa shape index (κ1) is 19.7.